The van der Waals surface area contributed by atoms with Crippen LogP contribution in [0.4, 0.5) is 11.4 Å². The summed E-state index contributed by atoms with van der Waals surface area (Å²) < 4.78 is 16.5. The van der Waals surface area contributed by atoms with Gasteiger partial charge in [0.15, 0.2) is 18.1 Å². The zero-order valence-electron chi connectivity index (χ0n) is 21.3. The average Bonchev–Trinajstić information content (AvgIpc) is 2.89. The van der Waals surface area contributed by atoms with Crippen molar-refractivity contribution in [1.82, 2.24) is 0 Å². The molecule has 0 aliphatic rings. The van der Waals surface area contributed by atoms with Crippen LogP contribution in [0.1, 0.15) is 23.6 Å². The molecule has 0 saturated carbocycles. The van der Waals surface area contributed by atoms with Crippen LogP contribution in [0.15, 0.2) is 66.2 Å². The fourth-order valence-electron chi connectivity index (χ4n) is 3.35. The van der Waals surface area contributed by atoms with Gasteiger partial charge < -0.3 is 24.8 Å². The van der Waals surface area contributed by atoms with Crippen molar-refractivity contribution in [2.45, 2.75) is 20.8 Å². The van der Waals surface area contributed by atoms with Gasteiger partial charge in [-0.15, -0.1) is 0 Å². The Labute approximate surface area is 216 Å². The highest BCUT2D eigenvalue weighted by Gasteiger charge is 2.13. The second-order valence-corrected chi connectivity index (χ2v) is 8.13. The number of anilines is 2. The third-order valence-electron chi connectivity index (χ3n) is 5.44. The lowest BCUT2D eigenvalue weighted by atomic mass is 10.1. The lowest BCUT2D eigenvalue weighted by Crippen LogP contribution is -2.20. The van der Waals surface area contributed by atoms with Gasteiger partial charge in [-0.2, -0.15) is 5.26 Å². The number of carbonyl (C=O) groups excluding carboxylic acids is 2. The van der Waals surface area contributed by atoms with Crippen LogP contribution in [0.5, 0.6) is 17.2 Å². The van der Waals surface area contributed by atoms with Gasteiger partial charge in [0.05, 0.1) is 13.7 Å². The number of hydrogen-bond acceptors (Lipinski definition) is 6. The van der Waals surface area contributed by atoms with E-state index in [-0.39, 0.29) is 18.1 Å². The smallest absolute Gasteiger partial charge is 0.266 e. The van der Waals surface area contributed by atoms with Gasteiger partial charge in [-0.05, 0) is 92.1 Å². The Morgan fingerprint density at radius 3 is 2.27 bits per heavy atom. The summed E-state index contributed by atoms with van der Waals surface area (Å²) in [5.74, 6) is 0.562. The number of benzene rings is 3. The molecule has 0 unspecified atom stereocenters. The van der Waals surface area contributed by atoms with Crippen LogP contribution in [0.25, 0.3) is 6.08 Å². The largest absolute Gasteiger partial charge is 0.497 e. The molecule has 0 atom stereocenters. The number of methoxy groups -OCH3 is 1. The molecule has 3 aromatic carbocycles. The molecule has 8 nitrogen and oxygen atoms in total. The van der Waals surface area contributed by atoms with Gasteiger partial charge in [-0.3, -0.25) is 9.59 Å². The Bertz CT molecular complexity index is 1340. The first-order valence-electron chi connectivity index (χ1n) is 11.7. The molecular formula is C29H29N3O5. The van der Waals surface area contributed by atoms with Crippen molar-refractivity contribution in [3.8, 4) is 23.3 Å². The fraction of sp³-hybridized carbons (Fsp3) is 0.207. The van der Waals surface area contributed by atoms with Gasteiger partial charge in [0.2, 0.25) is 0 Å². The Morgan fingerprint density at radius 1 is 0.892 bits per heavy atom. The molecule has 190 valence electrons. The normalized spacial score (nSPS) is 10.7. The highest BCUT2D eigenvalue weighted by Crippen LogP contribution is 2.29. The number of carbonyl (C=O) groups is 2. The number of amides is 2. The number of aryl methyl sites for hydroxylation is 2. The van der Waals surface area contributed by atoms with E-state index in [1.165, 1.54) is 6.08 Å². The third kappa shape index (κ3) is 7.61. The molecule has 3 rings (SSSR count). The van der Waals surface area contributed by atoms with E-state index >= 15 is 0 Å². The van der Waals surface area contributed by atoms with Crippen molar-refractivity contribution >= 4 is 29.3 Å². The minimum Gasteiger partial charge on any atom is -0.497 e. The van der Waals surface area contributed by atoms with Gasteiger partial charge >= 0.3 is 0 Å². The molecule has 0 spiro atoms. The van der Waals surface area contributed by atoms with Gasteiger partial charge in [-0.1, -0.05) is 12.1 Å². The standard InChI is InChI=1S/C29H29N3O5/c1-5-36-27-16-21(15-22(17-30)29(34)32-23-9-11-25(35-4)12-10-23)7-13-26(27)37-18-28(33)31-24-8-6-19(2)20(3)14-24/h6-16H,5,18H2,1-4H3,(H,31,33)(H,32,34)/b22-15-. The molecule has 0 heterocycles. The molecule has 3 aromatic rings. The molecule has 0 aromatic heterocycles. The number of nitriles is 1. The van der Waals surface area contributed by atoms with E-state index in [2.05, 4.69) is 10.6 Å². The molecule has 0 aliphatic heterocycles. The summed E-state index contributed by atoms with van der Waals surface area (Å²) in [6.07, 6.45) is 1.46. The average molecular weight is 500 g/mol. The van der Waals surface area contributed by atoms with E-state index in [1.54, 1.807) is 49.6 Å². The fourth-order valence-corrected chi connectivity index (χ4v) is 3.35. The first kappa shape index (κ1) is 26.8. The van der Waals surface area contributed by atoms with E-state index in [0.29, 0.717) is 40.8 Å². The van der Waals surface area contributed by atoms with Crippen LogP contribution in [0, 0.1) is 25.2 Å². The summed E-state index contributed by atoms with van der Waals surface area (Å²) >= 11 is 0. The minimum atomic E-state index is -0.547. The van der Waals surface area contributed by atoms with E-state index in [0.717, 1.165) is 11.1 Å². The number of ether oxygens (including phenoxy) is 3. The zero-order chi connectivity index (χ0) is 26.8. The quantitative estimate of drug-likeness (QED) is 0.290. The Balaban J connectivity index is 1.69. The van der Waals surface area contributed by atoms with E-state index in [9.17, 15) is 14.9 Å². The first-order valence-corrected chi connectivity index (χ1v) is 11.7. The monoisotopic (exact) mass is 499 g/mol. The molecule has 2 amide bonds. The molecule has 0 fully saturated rings. The van der Waals surface area contributed by atoms with Crippen LogP contribution < -0.4 is 24.8 Å². The molecule has 2 N–H and O–H groups in total. The van der Waals surface area contributed by atoms with E-state index < -0.39 is 5.91 Å². The van der Waals surface area contributed by atoms with Gasteiger partial charge in [0.1, 0.15) is 17.4 Å². The maximum atomic E-state index is 12.6. The highest BCUT2D eigenvalue weighted by atomic mass is 16.5. The van der Waals surface area contributed by atoms with Crippen molar-refractivity contribution in [1.29, 1.82) is 5.26 Å². The number of hydrogen-bond donors (Lipinski definition) is 2. The lowest BCUT2D eigenvalue weighted by molar-refractivity contribution is -0.118. The molecule has 8 heteroatoms. The van der Waals surface area contributed by atoms with Crippen molar-refractivity contribution in [3.63, 3.8) is 0 Å². The maximum Gasteiger partial charge on any atom is 0.266 e. The SMILES string of the molecule is CCOc1cc(/C=C(/C#N)C(=O)Nc2ccc(OC)cc2)ccc1OCC(=O)Nc1ccc(C)c(C)c1. The Hall–Kier alpha value is -4.77. The van der Waals surface area contributed by atoms with E-state index in [4.69, 9.17) is 14.2 Å². The van der Waals surface area contributed by atoms with Crippen LogP contribution in [-0.2, 0) is 9.59 Å². The molecule has 0 radical (unpaired) electrons. The second kappa shape index (κ2) is 12.8. The van der Waals surface area contributed by atoms with Crippen molar-refractivity contribution < 1.29 is 23.8 Å². The number of nitrogens with zero attached hydrogens (tertiary/aromatic N) is 1. The Kier molecular flexibility index (Phi) is 9.28. The van der Waals surface area contributed by atoms with Crippen molar-refractivity contribution in [2.75, 3.05) is 31.0 Å². The highest BCUT2D eigenvalue weighted by molar-refractivity contribution is 6.09. The summed E-state index contributed by atoms with van der Waals surface area (Å²) in [5.41, 5.74) is 3.93. The maximum absolute atomic E-state index is 12.6. The molecule has 0 bridgehead atoms. The van der Waals surface area contributed by atoms with Gasteiger partial charge in [0.25, 0.3) is 11.8 Å². The van der Waals surface area contributed by atoms with Crippen LogP contribution in [0.2, 0.25) is 0 Å². The summed E-state index contributed by atoms with van der Waals surface area (Å²) in [4.78, 5) is 25.0. The predicted octanol–water partition coefficient (Wildman–Crippen LogP) is 5.27. The topological polar surface area (TPSA) is 110 Å². The van der Waals surface area contributed by atoms with Crippen LogP contribution in [-0.4, -0.2) is 32.1 Å². The Morgan fingerprint density at radius 2 is 1.62 bits per heavy atom. The van der Waals surface area contributed by atoms with Gasteiger partial charge in [-0.25, -0.2) is 0 Å². The lowest BCUT2D eigenvalue weighted by Gasteiger charge is -2.13. The predicted molar refractivity (Wildman–Crippen MR) is 143 cm³/mol. The number of rotatable bonds is 10. The van der Waals surface area contributed by atoms with Crippen molar-refractivity contribution in [2.24, 2.45) is 0 Å². The van der Waals surface area contributed by atoms with Crippen LogP contribution in [0.3, 0.4) is 0 Å². The number of nitrogens with one attached hydrogen (secondary N) is 2. The van der Waals surface area contributed by atoms with Crippen molar-refractivity contribution in [3.05, 3.63) is 82.9 Å². The summed E-state index contributed by atoms with van der Waals surface area (Å²) in [5, 5.41) is 15.0. The molecule has 0 aliphatic carbocycles. The molecule has 37 heavy (non-hydrogen) atoms. The minimum absolute atomic E-state index is 0.0836. The molecular weight excluding hydrogens is 470 g/mol. The zero-order valence-corrected chi connectivity index (χ0v) is 21.3. The molecule has 0 saturated heterocycles. The van der Waals surface area contributed by atoms with E-state index in [1.807, 2.05) is 45.0 Å². The summed E-state index contributed by atoms with van der Waals surface area (Å²) in [6, 6.07) is 19.4. The summed E-state index contributed by atoms with van der Waals surface area (Å²) in [6.45, 7) is 5.95. The second-order valence-electron chi connectivity index (χ2n) is 8.13. The summed E-state index contributed by atoms with van der Waals surface area (Å²) in [7, 11) is 1.55. The van der Waals surface area contributed by atoms with Gasteiger partial charge in [0, 0.05) is 11.4 Å². The van der Waals surface area contributed by atoms with Crippen LogP contribution >= 0.6 is 0 Å². The third-order valence-corrected chi connectivity index (χ3v) is 5.44. The first-order chi connectivity index (χ1) is 17.8.